The number of hydrogen-bond acceptors (Lipinski definition) is 3. The maximum atomic E-state index is 3.15. The average Bonchev–Trinajstić information content (AvgIpc) is 2.85. The Kier molecular flexibility index (Phi) is 23.2. The van der Waals surface area contributed by atoms with Crippen molar-refractivity contribution in [2.75, 3.05) is 39.3 Å². The summed E-state index contributed by atoms with van der Waals surface area (Å²) in [5, 5.41) is 0. The fraction of sp³-hybridized carbons (Fsp3) is 0.933. The summed E-state index contributed by atoms with van der Waals surface area (Å²) in [5.41, 5.74) is 4.17. The Bertz CT molecular complexity index is 420. The SMILES string of the molecule is CCCCN(CCCC)[Si](CC[SiH2]C=C(C)C)(N(CCCC)CCCC)N(CCCC)CCCC. The van der Waals surface area contributed by atoms with Crippen molar-refractivity contribution in [1.82, 2.24) is 13.7 Å². The van der Waals surface area contributed by atoms with Crippen molar-refractivity contribution in [3.63, 3.8) is 0 Å². The van der Waals surface area contributed by atoms with Crippen LogP contribution in [0.3, 0.4) is 0 Å². The molecule has 0 amide bonds. The Morgan fingerprint density at radius 1 is 0.543 bits per heavy atom. The van der Waals surface area contributed by atoms with E-state index in [9.17, 15) is 0 Å². The molecule has 0 aromatic carbocycles. The van der Waals surface area contributed by atoms with Crippen molar-refractivity contribution in [1.29, 1.82) is 0 Å². The molecular formula is C30H67N3Si2. The van der Waals surface area contributed by atoms with Crippen LogP contribution >= 0.6 is 0 Å². The van der Waals surface area contributed by atoms with E-state index in [1.807, 2.05) is 0 Å². The second-order valence-electron chi connectivity index (χ2n) is 11.0. The van der Waals surface area contributed by atoms with Gasteiger partial charge in [0.05, 0.1) is 0 Å². The minimum absolute atomic E-state index is 0.134. The van der Waals surface area contributed by atoms with Gasteiger partial charge in [0, 0.05) is 9.52 Å². The molecular weight excluding hydrogens is 459 g/mol. The highest BCUT2D eigenvalue weighted by molar-refractivity contribution is 6.72. The lowest BCUT2D eigenvalue weighted by Crippen LogP contribution is -2.76. The van der Waals surface area contributed by atoms with E-state index >= 15 is 0 Å². The number of nitrogens with zero attached hydrogens (tertiary/aromatic N) is 3. The van der Waals surface area contributed by atoms with Crippen LogP contribution in [0.25, 0.3) is 0 Å². The van der Waals surface area contributed by atoms with Crippen LogP contribution in [0.4, 0.5) is 0 Å². The third kappa shape index (κ3) is 14.0. The minimum Gasteiger partial charge on any atom is -0.299 e. The van der Waals surface area contributed by atoms with E-state index in [1.165, 1.54) is 128 Å². The highest BCUT2D eigenvalue weighted by atomic mass is 28.4. The molecule has 0 bridgehead atoms. The predicted octanol–water partition coefficient (Wildman–Crippen LogP) is 8.14. The second-order valence-corrected chi connectivity index (χ2v) is 16.7. The normalized spacial score (nSPS) is 12.7. The van der Waals surface area contributed by atoms with Crippen molar-refractivity contribution in [2.24, 2.45) is 0 Å². The van der Waals surface area contributed by atoms with Gasteiger partial charge < -0.3 is 0 Å². The molecule has 210 valence electrons. The number of unbranched alkanes of at least 4 members (excludes halogenated alkanes) is 6. The lowest BCUT2D eigenvalue weighted by atomic mass is 10.3. The number of rotatable bonds is 25. The average molecular weight is 526 g/mol. The summed E-state index contributed by atoms with van der Waals surface area (Å²) < 4.78 is 9.44. The molecule has 0 aromatic heterocycles. The second kappa shape index (κ2) is 23.2. The summed E-state index contributed by atoms with van der Waals surface area (Å²) in [6.07, 6.45) is 16.0. The van der Waals surface area contributed by atoms with Gasteiger partial charge in [-0.15, -0.1) is 5.70 Å². The van der Waals surface area contributed by atoms with Crippen LogP contribution in [0.1, 0.15) is 132 Å². The quantitative estimate of drug-likeness (QED) is 0.0879. The highest BCUT2D eigenvalue weighted by Crippen LogP contribution is 2.30. The summed E-state index contributed by atoms with van der Waals surface area (Å²) >= 11 is 0. The summed E-state index contributed by atoms with van der Waals surface area (Å²) in [6, 6.07) is 2.95. The number of hydrogen-bond donors (Lipinski definition) is 0. The van der Waals surface area contributed by atoms with Crippen LogP contribution < -0.4 is 0 Å². The van der Waals surface area contributed by atoms with Gasteiger partial charge in [0.15, 0.2) is 0 Å². The van der Waals surface area contributed by atoms with Crippen molar-refractivity contribution < 1.29 is 0 Å². The Morgan fingerprint density at radius 3 is 1.06 bits per heavy atom. The molecule has 0 fully saturated rings. The number of allylic oxidation sites excluding steroid dienone is 1. The molecule has 0 aromatic rings. The first-order chi connectivity index (χ1) is 17.0. The van der Waals surface area contributed by atoms with Crippen LogP contribution in [0.2, 0.25) is 12.1 Å². The van der Waals surface area contributed by atoms with E-state index in [4.69, 9.17) is 0 Å². The molecule has 0 aliphatic carbocycles. The van der Waals surface area contributed by atoms with Crippen molar-refractivity contribution in [3.8, 4) is 0 Å². The maximum absolute atomic E-state index is 3.15. The standard InChI is InChI=1S/C30H67N3Si2/c1-9-15-21-31(22-16-10-2)35(28-27-34-29-30(7)8,32(23-17-11-3)24-18-12-4)33(25-19-13-5)26-20-14-6/h29H,9-28,34H2,1-8H3. The van der Waals surface area contributed by atoms with Gasteiger partial charge in [-0.25, -0.2) is 0 Å². The molecule has 0 spiro atoms. The maximum Gasteiger partial charge on any atom is 0.289 e. The molecule has 0 aliphatic heterocycles. The van der Waals surface area contributed by atoms with Gasteiger partial charge in [-0.2, -0.15) is 0 Å². The first-order valence-corrected chi connectivity index (χ1v) is 19.7. The van der Waals surface area contributed by atoms with Gasteiger partial charge in [0.2, 0.25) is 0 Å². The van der Waals surface area contributed by atoms with E-state index in [0.29, 0.717) is 0 Å². The molecule has 5 heteroatoms. The zero-order valence-corrected chi connectivity index (χ0v) is 28.2. The monoisotopic (exact) mass is 525 g/mol. The smallest absolute Gasteiger partial charge is 0.289 e. The predicted molar refractivity (Wildman–Crippen MR) is 168 cm³/mol. The summed E-state index contributed by atoms with van der Waals surface area (Å²) in [5.74, 6) is 0. The van der Waals surface area contributed by atoms with Gasteiger partial charge in [0.25, 0.3) is 8.56 Å². The summed E-state index contributed by atoms with van der Waals surface area (Å²) in [4.78, 5) is 0. The molecule has 0 rings (SSSR count). The van der Waals surface area contributed by atoms with Crippen LogP contribution in [0, 0.1) is 0 Å². The lowest BCUT2D eigenvalue weighted by Gasteiger charge is -2.55. The zero-order chi connectivity index (χ0) is 26.4. The van der Waals surface area contributed by atoms with Crippen molar-refractivity contribution >= 4 is 18.1 Å². The van der Waals surface area contributed by atoms with Gasteiger partial charge in [-0.3, -0.25) is 13.7 Å². The molecule has 0 heterocycles. The zero-order valence-electron chi connectivity index (χ0n) is 25.8. The lowest BCUT2D eigenvalue weighted by molar-refractivity contribution is 0.223. The molecule has 0 atom stereocenters. The third-order valence-corrected chi connectivity index (χ3v) is 15.5. The van der Waals surface area contributed by atoms with Gasteiger partial charge in [-0.1, -0.05) is 91.7 Å². The fourth-order valence-corrected chi connectivity index (χ4v) is 14.0. The molecule has 3 nitrogen and oxygen atoms in total. The first kappa shape index (κ1) is 35.1. The Hall–Kier alpha value is 0.0538. The molecule has 0 saturated heterocycles. The Morgan fingerprint density at radius 2 is 0.829 bits per heavy atom. The molecule has 0 aliphatic rings. The molecule has 0 saturated carbocycles. The van der Waals surface area contributed by atoms with Gasteiger partial charge in [-0.05, 0) is 97.7 Å². The molecule has 35 heavy (non-hydrogen) atoms. The van der Waals surface area contributed by atoms with E-state index in [2.05, 4.69) is 74.8 Å². The van der Waals surface area contributed by atoms with E-state index in [1.54, 1.807) is 5.57 Å². The van der Waals surface area contributed by atoms with E-state index in [-0.39, 0.29) is 9.52 Å². The van der Waals surface area contributed by atoms with Crippen LogP contribution in [0.15, 0.2) is 11.3 Å². The summed E-state index contributed by atoms with van der Waals surface area (Å²) in [6.45, 7) is 26.8. The molecule has 0 unspecified atom stereocenters. The summed E-state index contributed by atoms with van der Waals surface area (Å²) in [7, 11) is -2.11. The van der Waals surface area contributed by atoms with Crippen LogP contribution in [0.5, 0.6) is 0 Å². The van der Waals surface area contributed by atoms with Gasteiger partial charge in [0.1, 0.15) is 0 Å². The van der Waals surface area contributed by atoms with Crippen LogP contribution in [-0.4, -0.2) is 71.0 Å². The van der Waals surface area contributed by atoms with Crippen molar-refractivity contribution in [3.05, 3.63) is 11.3 Å². The molecule has 0 radical (unpaired) electrons. The fourth-order valence-electron chi connectivity index (χ4n) is 5.31. The molecule has 0 N–H and O–H groups in total. The van der Waals surface area contributed by atoms with Crippen LogP contribution in [-0.2, 0) is 0 Å². The highest BCUT2D eigenvalue weighted by Gasteiger charge is 2.49. The van der Waals surface area contributed by atoms with Gasteiger partial charge >= 0.3 is 0 Å². The third-order valence-electron chi connectivity index (χ3n) is 7.48. The minimum atomic E-state index is -1.97. The first-order valence-electron chi connectivity index (χ1n) is 15.9. The van der Waals surface area contributed by atoms with E-state index < -0.39 is 8.56 Å². The largest absolute Gasteiger partial charge is 0.299 e. The Labute approximate surface area is 226 Å². The van der Waals surface area contributed by atoms with E-state index in [0.717, 1.165) is 0 Å². The Balaban J connectivity index is 6.70. The topological polar surface area (TPSA) is 9.72 Å². The van der Waals surface area contributed by atoms with Crippen molar-refractivity contribution in [2.45, 2.75) is 145 Å².